The average molecular weight is 350 g/mol. The summed E-state index contributed by atoms with van der Waals surface area (Å²) in [6, 6.07) is 27.5. The molecule has 0 spiro atoms. The molecule has 0 aromatic heterocycles. The van der Waals surface area contributed by atoms with Crippen molar-refractivity contribution >= 4 is 6.08 Å². The first-order chi connectivity index (χ1) is 13.2. The highest BCUT2D eigenvalue weighted by Crippen LogP contribution is 2.22. The van der Waals surface area contributed by atoms with Crippen molar-refractivity contribution in [2.24, 2.45) is 0 Å². The van der Waals surface area contributed by atoms with E-state index in [1.165, 1.54) is 5.56 Å². The summed E-state index contributed by atoms with van der Waals surface area (Å²) in [5.41, 5.74) is 2.56. The average Bonchev–Trinajstić information content (AvgIpc) is 2.72. The zero-order valence-corrected chi connectivity index (χ0v) is 15.3. The summed E-state index contributed by atoms with van der Waals surface area (Å²) >= 11 is 0. The van der Waals surface area contributed by atoms with E-state index in [-0.39, 0.29) is 0 Å². The van der Waals surface area contributed by atoms with E-state index in [0.29, 0.717) is 0 Å². The van der Waals surface area contributed by atoms with Crippen molar-refractivity contribution in [3.8, 4) is 11.8 Å². The second kappa shape index (κ2) is 8.85. The van der Waals surface area contributed by atoms with Gasteiger partial charge in [-0.1, -0.05) is 108 Å². The van der Waals surface area contributed by atoms with Crippen LogP contribution in [-0.2, 0) is 5.60 Å². The van der Waals surface area contributed by atoms with Crippen molar-refractivity contribution in [2.45, 2.75) is 12.5 Å². The number of benzene rings is 3. The second-order valence-corrected chi connectivity index (χ2v) is 6.38. The van der Waals surface area contributed by atoms with Gasteiger partial charge < -0.3 is 5.11 Å². The van der Waals surface area contributed by atoms with Gasteiger partial charge in [-0.3, -0.25) is 0 Å². The van der Waals surface area contributed by atoms with Gasteiger partial charge in [0.1, 0.15) is 0 Å². The van der Waals surface area contributed by atoms with E-state index in [0.717, 1.165) is 16.7 Å². The zero-order valence-electron chi connectivity index (χ0n) is 15.3. The smallest absolute Gasteiger partial charge is 0.170 e. The van der Waals surface area contributed by atoms with Gasteiger partial charge in [-0.05, 0) is 36.3 Å². The van der Waals surface area contributed by atoms with Gasteiger partial charge in [0.15, 0.2) is 5.60 Å². The predicted molar refractivity (Wildman–Crippen MR) is 113 cm³/mol. The van der Waals surface area contributed by atoms with Gasteiger partial charge in [0.25, 0.3) is 0 Å². The predicted octanol–water partition coefficient (Wildman–Crippen LogP) is 5.50. The fraction of sp³-hybridized carbons (Fsp3) is 0.0769. The molecule has 1 unspecified atom stereocenters. The van der Waals surface area contributed by atoms with E-state index in [9.17, 15) is 5.11 Å². The minimum atomic E-state index is -1.35. The molecule has 1 N–H and O–H groups in total. The molecule has 0 aliphatic heterocycles. The second-order valence-electron chi connectivity index (χ2n) is 6.38. The first kappa shape index (κ1) is 18.5. The van der Waals surface area contributed by atoms with Crippen molar-refractivity contribution in [3.05, 3.63) is 125 Å². The SMILES string of the molecule is Cc1ccc(C#CC(O)(/C=C/C=C/c2ccccc2)c2ccccc2)cc1. The van der Waals surface area contributed by atoms with Crippen molar-refractivity contribution < 1.29 is 5.11 Å². The largest absolute Gasteiger partial charge is 0.370 e. The number of rotatable bonds is 4. The quantitative estimate of drug-likeness (QED) is 0.486. The molecule has 1 atom stereocenters. The van der Waals surface area contributed by atoms with Crippen molar-refractivity contribution in [1.29, 1.82) is 0 Å². The molecular weight excluding hydrogens is 328 g/mol. The molecule has 0 aliphatic carbocycles. The molecular formula is C26H22O. The Kier molecular flexibility index (Phi) is 6.05. The summed E-state index contributed by atoms with van der Waals surface area (Å²) in [6.45, 7) is 2.04. The van der Waals surface area contributed by atoms with Crippen LogP contribution in [0.15, 0.2) is 103 Å². The third-order valence-corrected chi connectivity index (χ3v) is 4.20. The maximum absolute atomic E-state index is 11.2. The van der Waals surface area contributed by atoms with Crippen molar-refractivity contribution in [3.63, 3.8) is 0 Å². The van der Waals surface area contributed by atoms with Crippen LogP contribution in [-0.4, -0.2) is 5.11 Å². The lowest BCUT2D eigenvalue weighted by atomic mass is 9.93. The highest BCUT2D eigenvalue weighted by atomic mass is 16.3. The number of aryl methyl sites for hydroxylation is 1. The number of hydrogen-bond donors (Lipinski definition) is 1. The molecule has 3 aromatic rings. The first-order valence-corrected chi connectivity index (χ1v) is 8.94. The van der Waals surface area contributed by atoms with Gasteiger partial charge in [-0.2, -0.15) is 0 Å². The first-order valence-electron chi connectivity index (χ1n) is 8.94. The van der Waals surface area contributed by atoms with Gasteiger partial charge >= 0.3 is 0 Å². The van der Waals surface area contributed by atoms with Crippen LogP contribution in [0.2, 0.25) is 0 Å². The number of hydrogen-bond acceptors (Lipinski definition) is 1. The molecule has 1 heteroatoms. The monoisotopic (exact) mass is 350 g/mol. The Morgan fingerprint density at radius 1 is 0.778 bits per heavy atom. The van der Waals surface area contributed by atoms with E-state index < -0.39 is 5.60 Å². The Balaban J connectivity index is 1.88. The van der Waals surface area contributed by atoms with Gasteiger partial charge in [0, 0.05) is 5.56 Å². The topological polar surface area (TPSA) is 20.2 Å². The highest BCUT2D eigenvalue weighted by molar-refractivity contribution is 5.51. The lowest BCUT2D eigenvalue weighted by Gasteiger charge is -2.18. The van der Waals surface area contributed by atoms with E-state index in [1.54, 1.807) is 6.08 Å². The van der Waals surface area contributed by atoms with Gasteiger partial charge in [0.2, 0.25) is 0 Å². The standard InChI is InChI=1S/C26H22O/c1-22-15-17-24(18-16-22)19-21-26(27,25-13-6-3-7-14-25)20-9-8-12-23-10-4-2-5-11-23/h2-18,20,27H,1H3/b12-8+,20-9+. The number of allylic oxidation sites excluding steroid dienone is 2. The maximum atomic E-state index is 11.2. The lowest BCUT2D eigenvalue weighted by Crippen LogP contribution is -2.20. The lowest BCUT2D eigenvalue weighted by molar-refractivity contribution is 0.154. The van der Waals surface area contributed by atoms with Crippen molar-refractivity contribution in [1.82, 2.24) is 0 Å². The molecule has 0 amide bonds. The molecule has 0 heterocycles. The fourth-order valence-electron chi connectivity index (χ4n) is 2.63. The Labute approximate surface area is 161 Å². The minimum Gasteiger partial charge on any atom is -0.370 e. The molecule has 0 bridgehead atoms. The molecule has 0 fully saturated rings. The van der Waals surface area contributed by atoms with E-state index >= 15 is 0 Å². The molecule has 1 nitrogen and oxygen atoms in total. The minimum absolute atomic E-state index is 0.744. The molecule has 0 saturated heterocycles. The fourth-order valence-corrected chi connectivity index (χ4v) is 2.63. The number of aliphatic hydroxyl groups is 1. The molecule has 3 aromatic carbocycles. The van der Waals surface area contributed by atoms with E-state index in [4.69, 9.17) is 0 Å². The zero-order chi connectivity index (χ0) is 19.0. The molecule has 3 rings (SSSR count). The van der Waals surface area contributed by atoms with Crippen LogP contribution in [0.25, 0.3) is 6.08 Å². The van der Waals surface area contributed by atoms with Gasteiger partial charge in [0.05, 0.1) is 0 Å². The van der Waals surface area contributed by atoms with Crippen molar-refractivity contribution in [2.75, 3.05) is 0 Å². The van der Waals surface area contributed by atoms with Gasteiger partial charge in [-0.15, -0.1) is 0 Å². The van der Waals surface area contributed by atoms with Crippen LogP contribution in [0.5, 0.6) is 0 Å². The van der Waals surface area contributed by atoms with E-state index in [1.807, 2.05) is 110 Å². The Bertz CT molecular complexity index is 971. The Hall–Kier alpha value is -3.34. The summed E-state index contributed by atoms with van der Waals surface area (Å²) in [7, 11) is 0. The summed E-state index contributed by atoms with van der Waals surface area (Å²) in [6.07, 6.45) is 7.47. The summed E-state index contributed by atoms with van der Waals surface area (Å²) < 4.78 is 0. The highest BCUT2D eigenvalue weighted by Gasteiger charge is 2.22. The Morgan fingerprint density at radius 2 is 1.41 bits per heavy atom. The third kappa shape index (κ3) is 5.31. The van der Waals surface area contributed by atoms with Crippen LogP contribution < -0.4 is 0 Å². The van der Waals surface area contributed by atoms with Crippen LogP contribution in [0.3, 0.4) is 0 Å². The maximum Gasteiger partial charge on any atom is 0.170 e. The molecule has 0 saturated carbocycles. The summed E-state index contributed by atoms with van der Waals surface area (Å²) in [5, 5.41) is 11.2. The van der Waals surface area contributed by atoms with Gasteiger partial charge in [-0.25, -0.2) is 0 Å². The molecule has 27 heavy (non-hydrogen) atoms. The molecule has 0 radical (unpaired) electrons. The van der Waals surface area contributed by atoms with E-state index in [2.05, 4.69) is 11.8 Å². The van der Waals surface area contributed by atoms with Crippen LogP contribution in [0, 0.1) is 18.8 Å². The molecule has 0 aliphatic rings. The van der Waals surface area contributed by atoms with Crippen LogP contribution in [0.4, 0.5) is 0 Å². The normalized spacial score (nSPS) is 13.3. The third-order valence-electron chi connectivity index (χ3n) is 4.20. The summed E-state index contributed by atoms with van der Waals surface area (Å²) in [5.74, 6) is 6.13. The molecule has 132 valence electrons. The summed E-state index contributed by atoms with van der Waals surface area (Å²) in [4.78, 5) is 0. The van der Waals surface area contributed by atoms with Crippen LogP contribution in [0.1, 0.15) is 22.3 Å². The Morgan fingerprint density at radius 3 is 2.07 bits per heavy atom. The van der Waals surface area contributed by atoms with Crippen LogP contribution >= 0.6 is 0 Å².